The molecule has 0 spiro atoms. The molecule has 1 heterocycles. The Bertz CT molecular complexity index is 325. The standard InChI is InChI=1S/C11H21N5/c1-8-4-9(2)6-10(5-8)16-11(7-12-3)13-14-15-16/h8-10,12H,4-7H2,1-3H3. The minimum Gasteiger partial charge on any atom is -0.313 e. The van der Waals surface area contributed by atoms with Crippen LogP contribution in [0.5, 0.6) is 0 Å². The number of nitrogens with zero attached hydrogens (tertiary/aromatic N) is 4. The first-order valence-electron chi connectivity index (χ1n) is 6.12. The summed E-state index contributed by atoms with van der Waals surface area (Å²) in [6.45, 7) is 5.39. The second-order valence-corrected chi connectivity index (χ2v) is 5.14. The maximum Gasteiger partial charge on any atom is 0.165 e. The van der Waals surface area contributed by atoms with Gasteiger partial charge < -0.3 is 5.32 Å². The zero-order valence-corrected chi connectivity index (χ0v) is 10.3. The van der Waals surface area contributed by atoms with Crippen LogP contribution in [0.3, 0.4) is 0 Å². The van der Waals surface area contributed by atoms with Crippen LogP contribution >= 0.6 is 0 Å². The van der Waals surface area contributed by atoms with Gasteiger partial charge in [-0.15, -0.1) is 5.10 Å². The maximum absolute atomic E-state index is 4.14. The Morgan fingerprint density at radius 2 is 1.94 bits per heavy atom. The molecule has 1 saturated carbocycles. The van der Waals surface area contributed by atoms with Crippen molar-refractivity contribution >= 4 is 0 Å². The summed E-state index contributed by atoms with van der Waals surface area (Å²) in [5.41, 5.74) is 0. The first kappa shape index (κ1) is 11.5. The predicted molar refractivity (Wildman–Crippen MR) is 61.8 cm³/mol. The Balaban J connectivity index is 2.13. The summed E-state index contributed by atoms with van der Waals surface area (Å²) in [5, 5.41) is 15.1. The zero-order chi connectivity index (χ0) is 11.5. The summed E-state index contributed by atoms with van der Waals surface area (Å²) in [5.74, 6) is 2.51. The zero-order valence-electron chi connectivity index (χ0n) is 10.3. The minimum atomic E-state index is 0.483. The van der Waals surface area contributed by atoms with Crippen LogP contribution in [0.4, 0.5) is 0 Å². The number of tetrazole rings is 1. The number of hydrogen-bond acceptors (Lipinski definition) is 4. The Hall–Kier alpha value is -0.970. The van der Waals surface area contributed by atoms with Gasteiger partial charge in [0.2, 0.25) is 0 Å². The molecule has 5 nitrogen and oxygen atoms in total. The van der Waals surface area contributed by atoms with Gasteiger partial charge in [0, 0.05) is 0 Å². The summed E-state index contributed by atoms with van der Waals surface area (Å²) >= 11 is 0. The Labute approximate surface area is 96.6 Å². The van der Waals surface area contributed by atoms with E-state index in [0.29, 0.717) is 6.04 Å². The monoisotopic (exact) mass is 223 g/mol. The first-order chi connectivity index (χ1) is 7.70. The molecule has 1 aromatic rings. The van der Waals surface area contributed by atoms with Gasteiger partial charge in [0.25, 0.3) is 0 Å². The van der Waals surface area contributed by atoms with Gasteiger partial charge in [-0.05, 0) is 48.6 Å². The van der Waals surface area contributed by atoms with Crippen molar-refractivity contribution in [1.29, 1.82) is 0 Å². The Morgan fingerprint density at radius 1 is 1.25 bits per heavy atom. The smallest absolute Gasteiger partial charge is 0.165 e. The van der Waals surface area contributed by atoms with Crippen LogP contribution in [0.1, 0.15) is 45.0 Å². The molecule has 5 heteroatoms. The molecule has 0 radical (unpaired) electrons. The highest BCUT2D eigenvalue weighted by Crippen LogP contribution is 2.35. The van der Waals surface area contributed by atoms with E-state index in [0.717, 1.165) is 24.2 Å². The molecule has 16 heavy (non-hydrogen) atoms. The van der Waals surface area contributed by atoms with E-state index in [2.05, 4.69) is 34.7 Å². The molecule has 0 aromatic carbocycles. The number of hydrogen-bond donors (Lipinski definition) is 1. The van der Waals surface area contributed by atoms with Gasteiger partial charge in [-0.2, -0.15) is 0 Å². The molecular formula is C11H21N5. The molecule has 0 aliphatic heterocycles. The summed E-state index contributed by atoms with van der Waals surface area (Å²) in [4.78, 5) is 0. The van der Waals surface area contributed by atoms with Crippen LogP contribution in [-0.4, -0.2) is 27.3 Å². The molecule has 0 amide bonds. The van der Waals surface area contributed by atoms with E-state index in [-0.39, 0.29) is 0 Å². The van der Waals surface area contributed by atoms with Crippen molar-refractivity contribution in [3.63, 3.8) is 0 Å². The van der Waals surface area contributed by atoms with Crippen molar-refractivity contribution in [3.8, 4) is 0 Å². The van der Waals surface area contributed by atoms with Crippen molar-refractivity contribution < 1.29 is 0 Å². The lowest BCUT2D eigenvalue weighted by molar-refractivity contribution is 0.204. The lowest BCUT2D eigenvalue weighted by atomic mass is 9.80. The van der Waals surface area contributed by atoms with Crippen LogP contribution in [-0.2, 0) is 6.54 Å². The molecule has 0 saturated heterocycles. The van der Waals surface area contributed by atoms with Gasteiger partial charge in [-0.25, -0.2) is 4.68 Å². The largest absolute Gasteiger partial charge is 0.313 e. The van der Waals surface area contributed by atoms with Crippen molar-refractivity contribution in [1.82, 2.24) is 25.5 Å². The highest BCUT2D eigenvalue weighted by atomic mass is 15.6. The van der Waals surface area contributed by atoms with E-state index < -0.39 is 0 Å². The first-order valence-corrected chi connectivity index (χ1v) is 6.12. The SMILES string of the molecule is CNCc1nnnn1C1CC(C)CC(C)C1. The minimum absolute atomic E-state index is 0.483. The van der Waals surface area contributed by atoms with Gasteiger partial charge in [0.1, 0.15) is 0 Å². The molecule has 2 atom stereocenters. The van der Waals surface area contributed by atoms with Gasteiger partial charge >= 0.3 is 0 Å². The average Bonchev–Trinajstić information content (AvgIpc) is 2.65. The predicted octanol–water partition coefficient (Wildman–Crippen LogP) is 1.39. The highest BCUT2D eigenvalue weighted by Gasteiger charge is 2.27. The van der Waals surface area contributed by atoms with E-state index in [1.54, 1.807) is 0 Å². The molecule has 1 N–H and O–H groups in total. The van der Waals surface area contributed by atoms with Crippen LogP contribution in [0.15, 0.2) is 0 Å². The van der Waals surface area contributed by atoms with Crippen LogP contribution in [0.2, 0.25) is 0 Å². The molecule has 1 aromatic heterocycles. The average molecular weight is 223 g/mol. The van der Waals surface area contributed by atoms with Crippen molar-refractivity contribution in [3.05, 3.63) is 5.82 Å². The normalized spacial score (nSPS) is 30.6. The molecule has 2 unspecified atom stereocenters. The third-order valence-corrected chi connectivity index (χ3v) is 3.40. The van der Waals surface area contributed by atoms with Gasteiger partial charge in [-0.1, -0.05) is 13.8 Å². The van der Waals surface area contributed by atoms with Crippen molar-refractivity contribution in [2.45, 2.75) is 45.7 Å². The van der Waals surface area contributed by atoms with Crippen molar-refractivity contribution in [2.24, 2.45) is 11.8 Å². The molecular weight excluding hydrogens is 202 g/mol. The van der Waals surface area contributed by atoms with Gasteiger partial charge in [0.05, 0.1) is 12.6 Å². The Kier molecular flexibility index (Phi) is 3.53. The molecule has 0 bridgehead atoms. The fraction of sp³-hybridized carbons (Fsp3) is 0.909. The van der Waals surface area contributed by atoms with Crippen molar-refractivity contribution in [2.75, 3.05) is 7.05 Å². The molecule has 2 rings (SSSR count). The number of nitrogens with one attached hydrogen (secondary N) is 1. The molecule has 90 valence electrons. The van der Waals surface area contributed by atoms with E-state index >= 15 is 0 Å². The van der Waals surface area contributed by atoms with E-state index in [1.807, 2.05) is 11.7 Å². The summed E-state index contributed by atoms with van der Waals surface area (Å²) < 4.78 is 2.02. The fourth-order valence-electron chi connectivity index (χ4n) is 2.87. The summed E-state index contributed by atoms with van der Waals surface area (Å²) in [6, 6.07) is 0.483. The topological polar surface area (TPSA) is 55.6 Å². The third kappa shape index (κ3) is 2.40. The highest BCUT2D eigenvalue weighted by molar-refractivity contribution is 4.87. The van der Waals surface area contributed by atoms with Gasteiger partial charge in [-0.3, -0.25) is 0 Å². The lowest BCUT2D eigenvalue weighted by Crippen LogP contribution is -2.26. The molecule has 1 aliphatic rings. The summed E-state index contributed by atoms with van der Waals surface area (Å²) in [6.07, 6.45) is 3.73. The number of rotatable bonds is 3. The second kappa shape index (κ2) is 4.91. The fourth-order valence-corrected chi connectivity index (χ4v) is 2.87. The molecule has 1 fully saturated rings. The van der Waals surface area contributed by atoms with Gasteiger partial charge in [0.15, 0.2) is 5.82 Å². The second-order valence-electron chi connectivity index (χ2n) is 5.14. The third-order valence-electron chi connectivity index (χ3n) is 3.40. The molecule has 1 aliphatic carbocycles. The quantitative estimate of drug-likeness (QED) is 0.841. The lowest BCUT2D eigenvalue weighted by Gasteiger charge is -2.31. The maximum atomic E-state index is 4.14. The van der Waals surface area contributed by atoms with Crippen LogP contribution in [0, 0.1) is 11.8 Å². The Morgan fingerprint density at radius 3 is 2.56 bits per heavy atom. The van der Waals surface area contributed by atoms with E-state index in [4.69, 9.17) is 0 Å². The summed E-state index contributed by atoms with van der Waals surface area (Å²) in [7, 11) is 1.92. The van der Waals surface area contributed by atoms with Crippen LogP contribution in [0.25, 0.3) is 0 Å². The number of aromatic nitrogens is 4. The van der Waals surface area contributed by atoms with E-state index in [9.17, 15) is 0 Å². The van der Waals surface area contributed by atoms with Crippen LogP contribution < -0.4 is 5.32 Å². The van der Waals surface area contributed by atoms with E-state index in [1.165, 1.54) is 19.3 Å².